The third-order valence-electron chi connectivity index (χ3n) is 5.17. The number of aryl methyl sites for hydroxylation is 1. The number of carbonyl (C=O) groups is 1. The summed E-state index contributed by atoms with van der Waals surface area (Å²) in [5, 5.41) is 0.308. The lowest BCUT2D eigenvalue weighted by molar-refractivity contribution is 0.0731. The summed E-state index contributed by atoms with van der Waals surface area (Å²) in [5.41, 5.74) is 1.60. The van der Waals surface area contributed by atoms with E-state index >= 15 is 0 Å². The number of methoxy groups -OCH3 is 3. The first kappa shape index (κ1) is 22.0. The highest BCUT2D eigenvalue weighted by molar-refractivity contribution is 5.93. The average molecular weight is 446 g/mol. The molecule has 0 aliphatic rings. The number of carbonyl (C=O) groups excluding carboxylic acids is 1. The molecule has 4 aromatic rings. The van der Waals surface area contributed by atoms with Gasteiger partial charge in [0.2, 0.25) is 11.2 Å². The Labute approximate surface area is 190 Å². The molecule has 7 nitrogen and oxygen atoms in total. The molecular formula is C26H22O7. The van der Waals surface area contributed by atoms with Gasteiger partial charge in [0.25, 0.3) is 0 Å². The molecule has 7 heteroatoms. The molecule has 33 heavy (non-hydrogen) atoms. The van der Waals surface area contributed by atoms with Gasteiger partial charge in [-0.15, -0.1) is 0 Å². The number of hydrogen-bond donors (Lipinski definition) is 0. The van der Waals surface area contributed by atoms with Crippen molar-refractivity contribution in [3.05, 3.63) is 82.0 Å². The molecule has 0 amide bonds. The van der Waals surface area contributed by atoms with Crippen molar-refractivity contribution < 1.29 is 28.2 Å². The summed E-state index contributed by atoms with van der Waals surface area (Å²) in [6, 6.07) is 16.6. The molecular weight excluding hydrogens is 424 g/mol. The van der Waals surface area contributed by atoms with E-state index in [4.69, 9.17) is 23.4 Å². The normalized spacial score (nSPS) is 10.7. The maximum atomic E-state index is 13.4. The number of benzene rings is 3. The van der Waals surface area contributed by atoms with Gasteiger partial charge in [0.15, 0.2) is 17.3 Å². The van der Waals surface area contributed by atoms with Crippen molar-refractivity contribution in [2.75, 3.05) is 21.3 Å². The van der Waals surface area contributed by atoms with Crippen molar-refractivity contribution in [1.29, 1.82) is 0 Å². The fraction of sp³-hybridized carbons (Fsp3) is 0.154. The monoisotopic (exact) mass is 446 g/mol. The molecule has 0 atom stereocenters. The molecule has 0 saturated heterocycles. The van der Waals surface area contributed by atoms with Crippen LogP contribution >= 0.6 is 0 Å². The molecule has 0 fully saturated rings. The van der Waals surface area contributed by atoms with Crippen LogP contribution in [0.1, 0.15) is 15.9 Å². The number of rotatable bonds is 6. The number of hydrogen-bond acceptors (Lipinski definition) is 7. The highest BCUT2D eigenvalue weighted by Crippen LogP contribution is 2.37. The number of ether oxygens (including phenoxy) is 4. The van der Waals surface area contributed by atoms with Crippen LogP contribution < -0.4 is 24.4 Å². The Balaban J connectivity index is 1.88. The molecule has 1 aromatic heterocycles. The van der Waals surface area contributed by atoms with Gasteiger partial charge in [-0.25, -0.2) is 4.79 Å². The van der Waals surface area contributed by atoms with Crippen LogP contribution in [0.3, 0.4) is 0 Å². The van der Waals surface area contributed by atoms with Gasteiger partial charge < -0.3 is 23.4 Å². The molecule has 4 rings (SSSR count). The van der Waals surface area contributed by atoms with Gasteiger partial charge in [-0.3, -0.25) is 4.79 Å². The van der Waals surface area contributed by atoms with Crippen molar-refractivity contribution in [1.82, 2.24) is 0 Å². The van der Waals surface area contributed by atoms with E-state index in [1.807, 2.05) is 6.92 Å². The second-order valence-electron chi connectivity index (χ2n) is 7.28. The third-order valence-corrected chi connectivity index (χ3v) is 5.17. The zero-order valence-electron chi connectivity index (χ0n) is 18.6. The molecule has 0 unspecified atom stereocenters. The Bertz CT molecular complexity index is 1380. The Hall–Kier alpha value is -4.26. The topological polar surface area (TPSA) is 84.2 Å². The van der Waals surface area contributed by atoms with Gasteiger partial charge in [0.1, 0.15) is 11.3 Å². The zero-order valence-corrected chi connectivity index (χ0v) is 18.6. The summed E-state index contributed by atoms with van der Waals surface area (Å²) in [7, 11) is 4.56. The van der Waals surface area contributed by atoms with E-state index < -0.39 is 11.4 Å². The minimum Gasteiger partial charge on any atom is -0.497 e. The summed E-state index contributed by atoms with van der Waals surface area (Å²) in [6.45, 7) is 1.90. The fourth-order valence-corrected chi connectivity index (χ4v) is 3.42. The first-order valence-electron chi connectivity index (χ1n) is 10.1. The minimum atomic E-state index is -0.696. The lowest BCUT2D eigenvalue weighted by Crippen LogP contribution is -2.16. The Morgan fingerprint density at radius 2 is 1.55 bits per heavy atom. The van der Waals surface area contributed by atoms with Crippen LogP contribution in [-0.4, -0.2) is 27.3 Å². The maximum absolute atomic E-state index is 13.4. The van der Waals surface area contributed by atoms with Gasteiger partial charge in [-0.1, -0.05) is 6.07 Å². The fourth-order valence-electron chi connectivity index (χ4n) is 3.42. The van der Waals surface area contributed by atoms with Gasteiger partial charge in [0.05, 0.1) is 32.3 Å². The second-order valence-corrected chi connectivity index (χ2v) is 7.28. The van der Waals surface area contributed by atoms with Crippen LogP contribution in [0.4, 0.5) is 0 Å². The van der Waals surface area contributed by atoms with Crippen LogP contribution in [-0.2, 0) is 0 Å². The molecule has 0 aliphatic carbocycles. The summed E-state index contributed by atoms with van der Waals surface area (Å²) in [6.07, 6.45) is 0. The van der Waals surface area contributed by atoms with Crippen LogP contribution in [0.25, 0.3) is 22.3 Å². The Morgan fingerprint density at radius 1 is 0.818 bits per heavy atom. The van der Waals surface area contributed by atoms with Crippen molar-refractivity contribution in [2.45, 2.75) is 6.92 Å². The van der Waals surface area contributed by atoms with Crippen LogP contribution in [0.2, 0.25) is 0 Å². The van der Waals surface area contributed by atoms with E-state index in [9.17, 15) is 9.59 Å². The quantitative estimate of drug-likeness (QED) is 0.385. The number of esters is 1. The van der Waals surface area contributed by atoms with Gasteiger partial charge >= 0.3 is 5.97 Å². The third kappa shape index (κ3) is 4.25. The Kier molecular flexibility index (Phi) is 6.04. The predicted molar refractivity (Wildman–Crippen MR) is 124 cm³/mol. The summed E-state index contributed by atoms with van der Waals surface area (Å²) in [5.74, 6) is 0.753. The Morgan fingerprint density at radius 3 is 2.21 bits per heavy atom. The lowest BCUT2D eigenvalue weighted by atomic mass is 10.1. The maximum Gasteiger partial charge on any atom is 0.343 e. The summed E-state index contributed by atoms with van der Waals surface area (Å²) >= 11 is 0. The smallest absolute Gasteiger partial charge is 0.343 e. The summed E-state index contributed by atoms with van der Waals surface area (Å²) < 4.78 is 27.5. The average Bonchev–Trinajstić information content (AvgIpc) is 2.84. The highest BCUT2D eigenvalue weighted by Gasteiger charge is 2.22. The van der Waals surface area contributed by atoms with Crippen molar-refractivity contribution >= 4 is 16.9 Å². The molecule has 0 spiro atoms. The standard InChI is InChI=1S/C26H22O7/c1-15-5-11-19-21(13-15)32-24(17-8-12-20(30-3)22(14-17)31-4)25(23(19)27)33-26(28)16-6-9-18(29-2)10-7-16/h5-14H,1-4H3. The molecule has 0 saturated carbocycles. The van der Waals surface area contributed by atoms with E-state index in [0.717, 1.165) is 5.56 Å². The van der Waals surface area contributed by atoms with E-state index in [2.05, 4.69) is 0 Å². The van der Waals surface area contributed by atoms with Crippen molar-refractivity contribution in [3.8, 4) is 34.3 Å². The highest BCUT2D eigenvalue weighted by atomic mass is 16.5. The molecule has 0 aliphatic heterocycles. The lowest BCUT2D eigenvalue weighted by Gasteiger charge is -2.13. The number of fused-ring (bicyclic) bond motifs is 1. The first-order chi connectivity index (χ1) is 15.9. The van der Waals surface area contributed by atoms with Crippen LogP contribution in [0, 0.1) is 6.92 Å². The molecule has 3 aromatic carbocycles. The SMILES string of the molecule is COc1ccc(C(=O)Oc2c(-c3ccc(OC)c(OC)c3)oc3cc(C)ccc3c2=O)cc1. The van der Waals surface area contributed by atoms with E-state index in [-0.39, 0.29) is 17.1 Å². The van der Waals surface area contributed by atoms with E-state index in [1.54, 1.807) is 60.7 Å². The van der Waals surface area contributed by atoms with Crippen LogP contribution in [0.15, 0.2) is 69.9 Å². The van der Waals surface area contributed by atoms with Crippen LogP contribution in [0.5, 0.6) is 23.0 Å². The molecule has 1 heterocycles. The minimum absolute atomic E-state index is 0.112. The predicted octanol–water partition coefficient (Wildman–Crippen LogP) is 5.01. The van der Waals surface area contributed by atoms with Crippen molar-refractivity contribution in [3.63, 3.8) is 0 Å². The van der Waals surface area contributed by atoms with E-state index in [0.29, 0.717) is 33.8 Å². The second kappa shape index (κ2) is 9.08. The largest absolute Gasteiger partial charge is 0.497 e. The molecule has 0 radical (unpaired) electrons. The molecule has 0 N–H and O–H groups in total. The summed E-state index contributed by atoms with van der Waals surface area (Å²) in [4.78, 5) is 26.2. The zero-order chi connectivity index (χ0) is 23.5. The van der Waals surface area contributed by atoms with Gasteiger partial charge in [0, 0.05) is 5.56 Å². The van der Waals surface area contributed by atoms with Gasteiger partial charge in [-0.2, -0.15) is 0 Å². The molecule has 168 valence electrons. The van der Waals surface area contributed by atoms with E-state index in [1.165, 1.54) is 21.3 Å². The van der Waals surface area contributed by atoms with Crippen molar-refractivity contribution in [2.24, 2.45) is 0 Å². The first-order valence-corrected chi connectivity index (χ1v) is 10.1. The van der Waals surface area contributed by atoms with Gasteiger partial charge in [-0.05, 0) is 67.1 Å². The molecule has 0 bridgehead atoms.